The van der Waals surface area contributed by atoms with E-state index < -0.39 is 5.82 Å². The van der Waals surface area contributed by atoms with Crippen molar-refractivity contribution in [3.8, 4) is 5.75 Å². The number of thiazole rings is 1. The third-order valence-electron chi connectivity index (χ3n) is 3.81. The van der Waals surface area contributed by atoms with Gasteiger partial charge in [0.05, 0.1) is 12.2 Å². The molecule has 122 valence electrons. The van der Waals surface area contributed by atoms with Crippen molar-refractivity contribution in [2.45, 2.75) is 32.9 Å². The summed E-state index contributed by atoms with van der Waals surface area (Å²) in [7, 11) is 0. The lowest BCUT2D eigenvalue weighted by molar-refractivity contribution is -0.119. The quantitative estimate of drug-likeness (QED) is 0.866. The molecule has 0 bridgehead atoms. The van der Waals surface area contributed by atoms with Crippen LogP contribution in [0.25, 0.3) is 0 Å². The summed E-state index contributed by atoms with van der Waals surface area (Å²) in [6.45, 7) is 4.43. The molecular formula is C16H17FN2O3S. The SMILES string of the molecule is Cc1csc(=O)n1CCC(=O)N1CC(C)Oc2cc(F)ccc21. The van der Waals surface area contributed by atoms with Gasteiger partial charge in [-0.25, -0.2) is 4.39 Å². The van der Waals surface area contributed by atoms with E-state index in [1.54, 1.807) is 20.9 Å². The molecule has 5 nitrogen and oxygen atoms in total. The summed E-state index contributed by atoms with van der Waals surface area (Å²) < 4.78 is 20.5. The van der Waals surface area contributed by atoms with Crippen LogP contribution in [-0.2, 0) is 11.3 Å². The van der Waals surface area contributed by atoms with E-state index in [0.29, 0.717) is 24.5 Å². The predicted molar refractivity (Wildman–Crippen MR) is 86.8 cm³/mol. The van der Waals surface area contributed by atoms with Crippen molar-refractivity contribution < 1.29 is 13.9 Å². The number of carbonyl (C=O) groups is 1. The number of anilines is 1. The van der Waals surface area contributed by atoms with Gasteiger partial charge in [0.15, 0.2) is 0 Å². The van der Waals surface area contributed by atoms with E-state index in [4.69, 9.17) is 4.74 Å². The highest BCUT2D eigenvalue weighted by Crippen LogP contribution is 2.34. The molecule has 1 aromatic heterocycles. The summed E-state index contributed by atoms with van der Waals surface area (Å²) in [6, 6.07) is 4.15. The summed E-state index contributed by atoms with van der Waals surface area (Å²) in [6.07, 6.45) is -0.0000508. The molecule has 0 radical (unpaired) electrons. The number of benzene rings is 1. The second-order valence-electron chi connectivity index (χ2n) is 5.59. The van der Waals surface area contributed by atoms with Gasteiger partial charge in [0.1, 0.15) is 17.7 Å². The minimum atomic E-state index is -0.398. The number of aromatic nitrogens is 1. The molecule has 1 amide bonds. The summed E-state index contributed by atoms with van der Waals surface area (Å²) >= 11 is 1.13. The molecule has 0 spiro atoms. The first-order valence-corrected chi connectivity index (χ1v) is 8.25. The Balaban J connectivity index is 1.79. The largest absolute Gasteiger partial charge is 0.487 e. The Morgan fingerprint density at radius 2 is 2.26 bits per heavy atom. The molecule has 0 saturated carbocycles. The van der Waals surface area contributed by atoms with Gasteiger partial charge in [0.2, 0.25) is 5.91 Å². The fraction of sp³-hybridized carbons (Fsp3) is 0.375. The van der Waals surface area contributed by atoms with Gasteiger partial charge in [-0.2, -0.15) is 0 Å². The van der Waals surface area contributed by atoms with Gasteiger partial charge in [-0.3, -0.25) is 9.59 Å². The van der Waals surface area contributed by atoms with Crippen molar-refractivity contribution in [3.63, 3.8) is 0 Å². The molecule has 3 rings (SSSR count). The van der Waals surface area contributed by atoms with Gasteiger partial charge in [-0.05, 0) is 26.0 Å². The van der Waals surface area contributed by atoms with Crippen molar-refractivity contribution in [1.29, 1.82) is 0 Å². The van der Waals surface area contributed by atoms with Crippen LogP contribution < -0.4 is 14.5 Å². The highest BCUT2D eigenvalue weighted by atomic mass is 32.1. The third-order valence-corrected chi connectivity index (χ3v) is 4.69. The fourth-order valence-electron chi connectivity index (χ4n) is 2.67. The molecule has 0 N–H and O–H groups in total. The Kier molecular flexibility index (Phi) is 4.21. The minimum absolute atomic E-state index is 0.0619. The molecule has 1 aliphatic rings. The lowest BCUT2D eigenvalue weighted by Crippen LogP contribution is -2.42. The van der Waals surface area contributed by atoms with Gasteiger partial charge in [-0.1, -0.05) is 11.3 Å². The second kappa shape index (κ2) is 6.16. The smallest absolute Gasteiger partial charge is 0.307 e. The zero-order valence-corrected chi connectivity index (χ0v) is 13.7. The Labute approximate surface area is 136 Å². The highest BCUT2D eigenvalue weighted by molar-refractivity contribution is 7.07. The van der Waals surface area contributed by atoms with Crippen LogP contribution in [0.4, 0.5) is 10.1 Å². The lowest BCUT2D eigenvalue weighted by atomic mass is 10.1. The van der Waals surface area contributed by atoms with Gasteiger partial charge < -0.3 is 14.2 Å². The molecule has 23 heavy (non-hydrogen) atoms. The average molecular weight is 336 g/mol. The summed E-state index contributed by atoms with van der Waals surface area (Å²) in [4.78, 5) is 25.8. The second-order valence-corrected chi connectivity index (χ2v) is 6.41. The number of halogens is 1. The fourth-order valence-corrected chi connectivity index (χ4v) is 3.43. The van der Waals surface area contributed by atoms with Gasteiger partial charge in [0.25, 0.3) is 0 Å². The van der Waals surface area contributed by atoms with E-state index in [-0.39, 0.29) is 23.3 Å². The van der Waals surface area contributed by atoms with Crippen LogP contribution >= 0.6 is 11.3 Å². The van der Waals surface area contributed by atoms with Crippen LogP contribution in [0.1, 0.15) is 19.0 Å². The maximum atomic E-state index is 13.4. The number of rotatable bonds is 3. The predicted octanol–water partition coefficient (Wildman–Crippen LogP) is 2.56. The molecule has 0 fully saturated rings. The Bertz CT molecular complexity index is 799. The molecule has 1 atom stereocenters. The summed E-state index contributed by atoms with van der Waals surface area (Å²) in [5.41, 5.74) is 1.43. The zero-order valence-electron chi connectivity index (χ0n) is 12.9. The van der Waals surface area contributed by atoms with Crippen LogP contribution in [0.3, 0.4) is 0 Å². The maximum Gasteiger partial charge on any atom is 0.307 e. The van der Waals surface area contributed by atoms with Crippen LogP contribution in [-0.4, -0.2) is 23.1 Å². The lowest BCUT2D eigenvalue weighted by Gasteiger charge is -2.33. The maximum absolute atomic E-state index is 13.4. The van der Waals surface area contributed by atoms with E-state index >= 15 is 0 Å². The Morgan fingerprint density at radius 1 is 1.48 bits per heavy atom. The van der Waals surface area contributed by atoms with Crippen molar-refractivity contribution in [2.24, 2.45) is 0 Å². The van der Waals surface area contributed by atoms with Crippen LogP contribution in [0.15, 0.2) is 28.4 Å². The molecule has 1 aliphatic heterocycles. The van der Waals surface area contributed by atoms with Crippen molar-refractivity contribution in [2.75, 3.05) is 11.4 Å². The van der Waals surface area contributed by atoms with Crippen LogP contribution in [0, 0.1) is 12.7 Å². The van der Waals surface area contributed by atoms with Crippen LogP contribution in [0.5, 0.6) is 5.75 Å². The number of hydrogen-bond acceptors (Lipinski definition) is 4. The standard InChI is InChI=1S/C16H17FN2O3S/c1-10-9-23-16(21)18(10)6-5-15(20)19-8-11(2)22-14-7-12(17)3-4-13(14)19/h3-4,7,9,11H,5-6,8H2,1-2H3. The number of nitrogens with zero attached hydrogens (tertiary/aromatic N) is 2. The number of ether oxygens (including phenoxy) is 1. The number of amides is 1. The minimum Gasteiger partial charge on any atom is -0.487 e. The van der Waals surface area contributed by atoms with E-state index in [1.807, 2.05) is 13.8 Å². The molecule has 0 saturated heterocycles. The monoisotopic (exact) mass is 336 g/mol. The van der Waals surface area contributed by atoms with Gasteiger partial charge in [-0.15, -0.1) is 0 Å². The summed E-state index contributed by atoms with van der Waals surface area (Å²) in [5.74, 6) is -0.128. The van der Waals surface area contributed by atoms with E-state index in [2.05, 4.69) is 0 Å². The molecule has 1 unspecified atom stereocenters. The number of aryl methyl sites for hydroxylation is 1. The van der Waals surface area contributed by atoms with Gasteiger partial charge in [0, 0.05) is 30.1 Å². The molecular weight excluding hydrogens is 319 g/mol. The molecule has 0 aliphatic carbocycles. The number of hydrogen-bond donors (Lipinski definition) is 0. The highest BCUT2D eigenvalue weighted by Gasteiger charge is 2.27. The Hall–Kier alpha value is -2.15. The molecule has 7 heteroatoms. The molecule has 2 heterocycles. The Morgan fingerprint density at radius 3 is 2.96 bits per heavy atom. The first kappa shape index (κ1) is 15.7. The first-order valence-electron chi connectivity index (χ1n) is 7.37. The summed E-state index contributed by atoms with van der Waals surface area (Å²) in [5, 5.41) is 1.78. The number of fused-ring (bicyclic) bond motifs is 1. The third kappa shape index (κ3) is 3.14. The van der Waals surface area contributed by atoms with E-state index in [0.717, 1.165) is 17.0 Å². The van der Waals surface area contributed by atoms with Crippen molar-refractivity contribution >= 4 is 22.9 Å². The van der Waals surface area contributed by atoms with E-state index in [1.165, 1.54) is 12.1 Å². The normalized spacial score (nSPS) is 16.8. The van der Waals surface area contributed by atoms with Gasteiger partial charge >= 0.3 is 4.87 Å². The number of carbonyl (C=O) groups excluding carboxylic acids is 1. The zero-order chi connectivity index (χ0) is 16.6. The van der Waals surface area contributed by atoms with Crippen molar-refractivity contribution in [1.82, 2.24) is 4.57 Å². The van der Waals surface area contributed by atoms with E-state index in [9.17, 15) is 14.0 Å². The topological polar surface area (TPSA) is 51.5 Å². The van der Waals surface area contributed by atoms with Crippen molar-refractivity contribution in [3.05, 3.63) is 44.8 Å². The molecule has 1 aromatic carbocycles. The molecule has 2 aromatic rings. The average Bonchev–Trinajstić information content (AvgIpc) is 2.82. The van der Waals surface area contributed by atoms with Crippen LogP contribution in [0.2, 0.25) is 0 Å². The first-order chi connectivity index (χ1) is 11.0.